The minimum atomic E-state index is -0.222. The summed E-state index contributed by atoms with van der Waals surface area (Å²) in [5, 5.41) is 3.27. The monoisotopic (exact) mass is 395 g/mol. The summed E-state index contributed by atoms with van der Waals surface area (Å²) in [4.78, 5) is 12.0. The van der Waals surface area contributed by atoms with Crippen LogP contribution in [0.5, 0.6) is 5.75 Å². The molecule has 0 aromatic heterocycles. The number of anilines is 1. The van der Waals surface area contributed by atoms with Gasteiger partial charge in [0.05, 0.1) is 5.02 Å². The Morgan fingerprint density at radius 1 is 1.26 bits per heavy atom. The third-order valence-electron chi connectivity index (χ3n) is 3.63. The maximum absolute atomic E-state index is 12.0. The Hall–Kier alpha value is -1.52. The number of nitrogens with one attached hydrogen (secondary N) is 1. The molecular weight excluding hydrogens is 378 g/mol. The van der Waals surface area contributed by atoms with Crippen molar-refractivity contribution in [2.75, 3.05) is 11.9 Å². The van der Waals surface area contributed by atoms with Gasteiger partial charge in [-0.1, -0.05) is 53.5 Å². The van der Waals surface area contributed by atoms with Crippen molar-refractivity contribution in [2.45, 2.75) is 26.2 Å². The van der Waals surface area contributed by atoms with Crippen LogP contribution in [0.4, 0.5) is 5.69 Å². The SMILES string of the molecule is CC[C@@H](C)c1ccc(NC(=O)COc2ccc(Br)cc2Cl)cc1. The first-order valence-corrected chi connectivity index (χ1v) is 8.64. The molecule has 2 aromatic carbocycles. The van der Waals surface area contributed by atoms with E-state index in [0.717, 1.165) is 16.6 Å². The molecule has 0 radical (unpaired) electrons. The second-order valence-corrected chi connectivity index (χ2v) is 6.67. The Bertz CT molecular complexity index is 673. The van der Waals surface area contributed by atoms with Crippen molar-refractivity contribution < 1.29 is 9.53 Å². The number of carbonyl (C=O) groups excluding carboxylic acids is 1. The van der Waals surface area contributed by atoms with Crippen LogP contribution in [-0.2, 0) is 4.79 Å². The largest absolute Gasteiger partial charge is 0.482 e. The predicted molar refractivity (Wildman–Crippen MR) is 98.4 cm³/mol. The van der Waals surface area contributed by atoms with E-state index >= 15 is 0 Å². The Labute approximate surface area is 150 Å². The van der Waals surface area contributed by atoms with Gasteiger partial charge in [-0.05, 0) is 48.2 Å². The van der Waals surface area contributed by atoms with Crippen LogP contribution in [0.2, 0.25) is 5.02 Å². The topological polar surface area (TPSA) is 38.3 Å². The molecule has 1 atom stereocenters. The van der Waals surface area contributed by atoms with Gasteiger partial charge in [0.1, 0.15) is 5.75 Å². The number of benzene rings is 2. The second kappa shape index (κ2) is 8.37. The zero-order valence-electron chi connectivity index (χ0n) is 13.1. The number of ether oxygens (including phenoxy) is 1. The van der Waals surface area contributed by atoms with E-state index in [1.807, 2.05) is 30.3 Å². The molecule has 23 heavy (non-hydrogen) atoms. The molecule has 2 rings (SSSR count). The standard InChI is InChI=1S/C18H19BrClNO2/c1-3-12(2)13-4-7-15(8-5-13)21-18(22)11-23-17-9-6-14(19)10-16(17)20/h4-10,12H,3,11H2,1-2H3,(H,21,22)/t12-/m1/s1. The Morgan fingerprint density at radius 2 is 1.96 bits per heavy atom. The van der Waals surface area contributed by atoms with E-state index in [4.69, 9.17) is 16.3 Å². The fourth-order valence-electron chi connectivity index (χ4n) is 2.06. The van der Waals surface area contributed by atoms with Crippen molar-refractivity contribution in [1.82, 2.24) is 0 Å². The van der Waals surface area contributed by atoms with Gasteiger partial charge in [-0.2, -0.15) is 0 Å². The normalized spacial score (nSPS) is 11.8. The van der Waals surface area contributed by atoms with E-state index in [1.165, 1.54) is 5.56 Å². The fourth-order valence-corrected chi connectivity index (χ4v) is 2.79. The smallest absolute Gasteiger partial charge is 0.262 e. The first kappa shape index (κ1) is 17.8. The molecular formula is C18H19BrClNO2. The highest BCUT2D eigenvalue weighted by Gasteiger charge is 2.08. The number of hydrogen-bond acceptors (Lipinski definition) is 2. The van der Waals surface area contributed by atoms with Gasteiger partial charge in [-0.25, -0.2) is 0 Å². The molecule has 1 amide bonds. The van der Waals surface area contributed by atoms with Crippen LogP contribution in [0.1, 0.15) is 31.7 Å². The molecule has 0 unspecified atom stereocenters. The van der Waals surface area contributed by atoms with Crippen LogP contribution >= 0.6 is 27.5 Å². The molecule has 0 heterocycles. The fraction of sp³-hybridized carbons (Fsp3) is 0.278. The van der Waals surface area contributed by atoms with E-state index in [2.05, 4.69) is 35.1 Å². The highest BCUT2D eigenvalue weighted by Crippen LogP contribution is 2.27. The lowest BCUT2D eigenvalue weighted by atomic mass is 9.99. The average molecular weight is 397 g/mol. The first-order chi connectivity index (χ1) is 11.0. The van der Waals surface area contributed by atoms with E-state index in [1.54, 1.807) is 12.1 Å². The van der Waals surface area contributed by atoms with Gasteiger partial charge >= 0.3 is 0 Å². The zero-order chi connectivity index (χ0) is 16.8. The second-order valence-electron chi connectivity index (χ2n) is 5.34. The van der Waals surface area contributed by atoms with E-state index in [-0.39, 0.29) is 12.5 Å². The van der Waals surface area contributed by atoms with Crippen LogP contribution in [0, 0.1) is 0 Å². The van der Waals surface area contributed by atoms with Gasteiger partial charge in [0.2, 0.25) is 0 Å². The van der Waals surface area contributed by atoms with Gasteiger partial charge < -0.3 is 10.1 Å². The molecule has 1 N–H and O–H groups in total. The van der Waals surface area contributed by atoms with Crippen LogP contribution in [0.15, 0.2) is 46.9 Å². The average Bonchev–Trinajstić information content (AvgIpc) is 2.54. The Balaban J connectivity index is 1.89. The van der Waals surface area contributed by atoms with E-state index in [0.29, 0.717) is 16.7 Å². The quantitative estimate of drug-likeness (QED) is 0.687. The summed E-state index contributed by atoms with van der Waals surface area (Å²) >= 11 is 9.37. The third-order valence-corrected chi connectivity index (χ3v) is 4.42. The summed E-state index contributed by atoms with van der Waals surface area (Å²) in [5.41, 5.74) is 2.02. The molecule has 122 valence electrons. The van der Waals surface area contributed by atoms with Gasteiger partial charge in [-0.15, -0.1) is 0 Å². The van der Waals surface area contributed by atoms with Crippen LogP contribution in [-0.4, -0.2) is 12.5 Å². The molecule has 0 spiro atoms. The molecule has 0 saturated carbocycles. The molecule has 0 fully saturated rings. The molecule has 0 aliphatic heterocycles. The minimum Gasteiger partial charge on any atom is -0.482 e. The highest BCUT2D eigenvalue weighted by molar-refractivity contribution is 9.10. The summed E-state index contributed by atoms with van der Waals surface area (Å²) in [7, 11) is 0. The number of halogens is 2. The van der Waals surface area contributed by atoms with Gasteiger partial charge in [0.15, 0.2) is 6.61 Å². The highest BCUT2D eigenvalue weighted by atomic mass is 79.9. The first-order valence-electron chi connectivity index (χ1n) is 7.47. The van der Waals surface area contributed by atoms with Crippen LogP contribution in [0.3, 0.4) is 0 Å². The summed E-state index contributed by atoms with van der Waals surface area (Å²) in [6.07, 6.45) is 1.09. The van der Waals surface area contributed by atoms with Crippen molar-refractivity contribution in [3.63, 3.8) is 0 Å². The van der Waals surface area contributed by atoms with Gasteiger partial charge in [0.25, 0.3) is 5.91 Å². The van der Waals surface area contributed by atoms with Crippen molar-refractivity contribution in [3.05, 3.63) is 57.5 Å². The van der Waals surface area contributed by atoms with E-state index < -0.39 is 0 Å². The Kier molecular flexibility index (Phi) is 6.48. The summed E-state index contributed by atoms with van der Waals surface area (Å²) < 4.78 is 6.30. The number of rotatable bonds is 6. The Morgan fingerprint density at radius 3 is 2.57 bits per heavy atom. The molecule has 0 saturated heterocycles. The number of amides is 1. The lowest BCUT2D eigenvalue weighted by molar-refractivity contribution is -0.118. The van der Waals surface area contributed by atoms with Crippen molar-refractivity contribution in [3.8, 4) is 5.75 Å². The molecule has 0 aliphatic rings. The van der Waals surface area contributed by atoms with Crippen molar-refractivity contribution in [2.24, 2.45) is 0 Å². The summed E-state index contributed by atoms with van der Waals surface area (Å²) in [6.45, 7) is 4.25. The van der Waals surface area contributed by atoms with Crippen molar-refractivity contribution >= 4 is 39.1 Å². The maximum atomic E-state index is 12.0. The molecule has 0 bridgehead atoms. The lowest BCUT2D eigenvalue weighted by Gasteiger charge is -2.11. The molecule has 0 aliphatic carbocycles. The minimum absolute atomic E-state index is 0.0888. The summed E-state index contributed by atoms with van der Waals surface area (Å²) in [5.74, 6) is 0.778. The zero-order valence-corrected chi connectivity index (χ0v) is 15.4. The molecule has 5 heteroatoms. The summed E-state index contributed by atoms with van der Waals surface area (Å²) in [6, 6.07) is 13.2. The number of carbonyl (C=O) groups is 1. The van der Waals surface area contributed by atoms with E-state index in [9.17, 15) is 4.79 Å². The number of hydrogen-bond donors (Lipinski definition) is 1. The van der Waals surface area contributed by atoms with Gasteiger partial charge in [-0.3, -0.25) is 4.79 Å². The van der Waals surface area contributed by atoms with Crippen molar-refractivity contribution in [1.29, 1.82) is 0 Å². The van der Waals surface area contributed by atoms with Crippen LogP contribution < -0.4 is 10.1 Å². The predicted octanol–water partition coefficient (Wildman–Crippen LogP) is 5.63. The molecule has 3 nitrogen and oxygen atoms in total. The molecule has 2 aromatic rings. The lowest BCUT2D eigenvalue weighted by Crippen LogP contribution is -2.20. The maximum Gasteiger partial charge on any atom is 0.262 e. The van der Waals surface area contributed by atoms with Gasteiger partial charge in [0, 0.05) is 10.2 Å². The third kappa shape index (κ3) is 5.26. The van der Waals surface area contributed by atoms with Crippen LogP contribution in [0.25, 0.3) is 0 Å².